The number of anilines is 3. The minimum atomic E-state index is -3.67. The maximum absolute atomic E-state index is 15.7. The monoisotopic (exact) mass is 522 g/mol. The zero-order valence-electron chi connectivity index (χ0n) is 19.2. The van der Waals surface area contributed by atoms with Crippen LogP contribution in [0.2, 0.25) is 0 Å². The molecule has 0 amide bonds. The summed E-state index contributed by atoms with van der Waals surface area (Å²) in [6.45, 7) is 4.38. The van der Waals surface area contributed by atoms with Gasteiger partial charge in [0.2, 0.25) is 16.0 Å². The lowest BCUT2D eigenvalue weighted by atomic mass is 10.1. The van der Waals surface area contributed by atoms with E-state index < -0.39 is 15.8 Å². The number of sulfonamides is 1. The molecule has 0 aliphatic carbocycles. The summed E-state index contributed by atoms with van der Waals surface area (Å²) in [6, 6.07) is 6.26. The Morgan fingerprint density at radius 3 is 2.77 bits per heavy atom. The Kier molecular flexibility index (Phi) is 8.11. The highest BCUT2D eigenvalue weighted by atomic mass is 32.2. The van der Waals surface area contributed by atoms with Crippen molar-refractivity contribution in [2.45, 2.75) is 13.3 Å². The first-order chi connectivity index (χ1) is 16.9. The van der Waals surface area contributed by atoms with E-state index in [0.29, 0.717) is 60.1 Å². The fourth-order valence-corrected chi connectivity index (χ4v) is 5.81. The number of aromatic nitrogens is 3. The maximum atomic E-state index is 15.7. The highest BCUT2D eigenvalue weighted by Gasteiger charge is 2.25. The highest BCUT2D eigenvalue weighted by Crippen LogP contribution is 2.41. The third-order valence-electron chi connectivity index (χ3n) is 5.17. The van der Waals surface area contributed by atoms with Crippen molar-refractivity contribution in [2.75, 3.05) is 60.1 Å². The van der Waals surface area contributed by atoms with Gasteiger partial charge in [-0.15, -0.1) is 0 Å². The molecule has 0 atom stereocenters. The van der Waals surface area contributed by atoms with E-state index in [1.165, 1.54) is 17.4 Å². The fourth-order valence-electron chi connectivity index (χ4n) is 3.57. The van der Waals surface area contributed by atoms with Crippen LogP contribution in [0.25, 0.3) is 21.8 Å². The van der Waals surface area contributed by atoms with Gasteiger partial charge in [-0.1, -0.05) is 24.3 Å². The van der Waals surface area contributed by atoms with Crippen LogP contribution in [0, 0.1) is 5.82 Å². The van der Waals surface area contributed by atoms with Crippen LogP contribution in [0.3, 0.4) is 0 Å². The topological polar surface area (TPSA) is 130 Å². The van der Waals surface area contributed by atoms with Crippen molar-refractivity contribution >= 4 is 38.1 Å². The first-order valence-corrected chi connectivity index (χ1v) is 13.7. The number of halogens is 1. The number of hydrogen-bond donors (Lipinski definition) is 3. The number of rotatable bonds is 10. The number of benzene rings is 1. The molecule has 0 unspecified atom stereocenters. The molecule has 0 radical (unpaired) electrons. The summed E-state index contributed by atoms with van der Waals surface area (Å²) in [5, 5.41) is 12.7. The fraction of sp³-hybridized carbons (Fsp3) is 0.409. The molecule has 10 nitrogen and oxygen atoms in total. The summed E-state index contributed by atoms with van der Waals surface area (Å²) < 4.78 is 48.0. The minimum Gasteiger partial charge on any atom is -0.395 e. The first-order valence-electron chi connectivity index (χ1n) is 11.2. The highest BCUT2D eigenvalue weighted by molar-refractivity contribution is 7.92. The van der Waals surface area contributed by atoms with Crippen molar-refractivity contribution < 1.29 is 22.7 Å². The molecule has 13 heteroatoms. The zero-order valence-corrected chi connectivity index (χ0v) is 20.8. The van der Waals surface area contributed by atoms with E-state index in [2.05, 4.69) is 24.9 Å². The van der Waals surface area contributed by atoms with Gasteiger partial charge in [-0.2, -0.15) is 0 Å². The largest absolute Gasteiger partial charge is 0.395 e. The van der Waals surface area contributed by atoms with Crippen molar-refractivity contribution in [1.82, 2.24) is 15.0 Å². The number of aliphatic hydroxyl groups excluding tert-OH is 1. The zero-order chi connectivity index (χ0) is 24.8. The second kappa shape index (κ2) is 11.2. The van der Waals surface area contributed by atoms with E-state index in [1.54, 1.807) is 31.3 Å². The Morgan fingerprint density at radius 2 is 2.03 bits per heavy atom. The number of nitrogens with zero attached hydrogens (tertiary/aromatic N) is 4. The summed E-state index contributed by atoms with van der Waals surface area (Å²) >= 11 is 1.37. The Labute approximate surface area is 207 Å². The van der Waals surface area contributed by atoms with Gasteiger partial charge in [0, 0.05) is 31.4 Å². The summed E-state index contributed by atoms with van der Waals surface area (Å²) in [4.78, 5) is 16.1. The lowest BCUT2D eigenvalue weighted by Crippen LogP contribution is -2.36. The van der Waals surface area contributed by atoms with Crippen molar-refractivity contribution in [3.8, 4) is 21.8 Å². The number of thiazole rings is 1. The van der Waals surface area contributed by atoms with Gasteiger partial charge < -0.3 is 20.1 Å². The normalized spacial score (nSPS) is 14.2. The van der Waals surface area contributed by atoms with Crippen LogP contribution in [-0.2, 0) is 14.8 Å². The first kappa shape index (κ1) is 25.2. The molecule has 1 aliphatic rings. The lowest BCUT2D eigenvalue weighted by Gasteiger charge is -2.26. The van der Waals surface area contributed by atoms with Crippen molar-refractivity contribution in [1.29, 1.82) is 0 Å². The molecule has 1 saturated heterocycles. The third kappa shape index (κ3) is 6.04. The molecule has 1 aliphatic heterocycles. The van der Waals surface area contributed by atoms with Crippen LogP contribution in [0.5, 0.6) is 0 Å². The van der Waals surface area contributed by atoms with Gasteiger partial charge in [0.25, 0.3) is 0 Å². The van der Waals surface area contributed by atoms with Gasteiger partial charge in [-0.05, 0) is 24.6 Å². The molecule has 3 N–H and O–H groups in total. The molecule has 1 aromatic carbocycles. The second-order valence-corrected chi connectivity index (χ2v) is 10.6. The van der Waals surface area contributed by atoms with Crippen molar-refractivity contribution in [3.63, 3.8) is 0 Å². The molecule has 0 spiro atoms. The van der Waals surface area contributed by atoms with Crippen LogP contribution in [0.4, 0.5) is 21.2 Å². The minimum absolute atomic E-state index is 0.0769. The Hall–Kier alpha value is -2.87. The number of nitrogens with one attached hydrogen (secondary N) is 2. The second-order valence-electron chi connectivity index (χ2n) is 7.78. The molecule has 3 aromatic rings. The van der Waals surface area contributed by atoms with Crippen LogP contribution in [0.1, 0.15) is 13.3 Å². The van der Waals surface area contributed by atoms with E-state index in [-0.39, 0.29) is 30.2 Å². The summed E-state index contributed by atoms with van der Waals surface area (Å²) in [7, 11) is -3.67. The van der Waals surface area contributed by atoms with Crippen molar-refractivity contribution in [2.24, 2.45) is 0 Å². The summed E-state index contributed by atoms with van der Waals surface area (Å²) in [5.41, 5.74) is 0.924. The Bertz CT molecular complexity index is 1260. The Balaban J connectivity index is 1.79. The van der Waals surface area contributed by atoms with E-state index in [0.717, 1.165) is 0 Å². The van der Waals surface area contributed by atoms with Crippen molar-refractivity contribution in [3.05, 3.63) is 36.3 Å². The molecule has 188 valence electrons. The lowest BCUT2D eigenvalue weighted by molar-refractivity contribution is 0.122. The van der Waals surface area contributed by atoms with Gasteiger partial charge in [0.05, 0.1) is 47.5 Å². The molecule has 0 bridgehead atoms. The molecule has 2 aromatic heterocycles. The Morgan fingerprint density at radius 1 is 1.23 bits per heavy atom. The van der Waals surface area contributed by atoms with Gasteiger partial charge in [-0.25, -0.2) is 27.8 Å². The van der Waals surface area contributed by atoms with Crippen LogP contribution in [0.15, 0.2) is 30.5 Å². The molecular formula is C22H27FN6O4S2. The van der Waals surface area contributed by atoms with E-state index in [1.807, 2.05) is 0 Å². The van der Waals surface area contributed by atoms with Gasteiger partial charge in [0.1, 0.15) is 0 Å². The number of aliphatic hydroxyl groups is 1. The predicted octanol–water partition coefficient (Wildman–Crippen LogP) is 2.80. The maximum Gasteiger partial charge on any atom is 0.232 e. The number of hydrogen-bond acceptors (Lipinski definition) is 10. The summed E-state index contributed by atoms with van der Waals surface area (Å²) in [6.07, 6.45) is 1.99. The molecule has 3 heterocycles. The molecule has 35 heavy (non-hydrogen) atoms. The van der Waals surface area contributed by atoms with Crippen LogP contribution >= 0.6 is 11.3 Å². The standard InChI is InChI=1S/C22H27FN6O4S2/c1-2-14-35(31,32)28-16-5-3-4-15(18(16)23)19-20(17-6-7-24-21(26-17)25-8-11-30)34-22(27-19)29-9-12-33-13-10-29/h3-7,28,30H,2,8-14H2,1H3,(H,24,25,26). The molecular weight excluding hydrogens is 495 g/mol. The summed E-state index contributed by atoms with van der Waals surface area (Å²) in [5.74, 6) is -0.491. The number of morpholine rings is 1. The van der Waals surface area contributed by atoms with Crippen LogP contribution < -0.4 is 14.9 Å². The number of ether oxygens (including phenoxy) is 1. The quantitative estimate of drug-likeness (QED) is 0.368. The molecule has 4 rings (SSSR count). The van der Waals surface area contributed by atoms with Gasteiger partial charge in [0.15, 0.2) is 10.9 Å². The predicted molar refractivity (Wildman–Crippen MR) is 135 cm³/mol. The van der Waals surface area contributed by atoms with Gasteiger partial charge in [-0.3, -0.25) is 4.72 Å². The average Bonchev–Trinajstić information content (AvgIpc) is 3.30. The molecule has 0 saturated carbocycles. The average molecular weight is 523 g/mol. The van der Waals surface area contributed by atoms with Gasteiger partial charge >= 0.3 is 0 Å². The smallest absolute Gasteiger partial charge is 0.232 e. The third-order valence-corrected chi connectivity index (χ3v) is 7.79. The molecule has 1 fully saturated rings. The SMILES string of the molecule is CCCS(=O)(=O)Nc1cccc(-c2nc(N3CCOCC3)sc2-c2ccnc(NCCO)n2)c1F. The van der Waals surface area contributed by atoms with E-state index >= 15 is 4.39 Å². The van der Waals surface area contributed by atoms with Crippen LogP contribution in [-0.4, -0.2) is 73.7 Å². The van der Waals surface area contributed by atoms with E-state index in [9.17, 15) is 8.42 Å². The van der Waals surface area contributed by atoms with E-state index in [4.69, 9.17) is 14.8 Å².